The molecule has 134 valence electrons. The summed E-state index contributed by atoms with van der Waals surface area (Å²) in [5.41, 5.74) is 5.54. The summed E-state index contributed by atoms with van der Waals surface area (Å²) in [4.78, 5) is 19.1. The Morgan fingerprint density at radius 1 is 0.885 bits per heavy atom. The Hall–Kier alpha value is -3.38. The first kappa shape index (κ1) is 19.0. The molecule has 0 aliphatic rings. The van der Waals surface area contributed by atoms with Gasteiger partial charge in [-0.2, -0.15) is 0 Å². The first-order chi connectivity index (χ1) is 12.5. The van der Waals surface area contributed by atoms with Gasteiger partial charge in [-0.3, -0.25) is 0 Å². The fourth-order valence-corrected chi connectivity index (χ4v) is 2.43. The molecule has 0 aromatic heterocycles. The number of carboxylic acids is 2. The Kier molecular flexibility index (Phi) is 6.70. The van der Waals surface area contributed by atoms with Crippen molar-refractivity contribution in [2.24, 2.45) is 5.73 Å². The van der Waals surface area contributed by atoms with E-state index in [1.807, 2.05) is 24.3 Å². The Labute approximate surface area is 150 Å². The van der Waals surface area contributed by atoms with Gasteiger partial charge < -0.3 is 20.7 Å². The van der Waals surface area contributed by atoms with Gasteiger partial charge in [0.1, 0.15) is 12.4 Å². The summed E-state index contributed by atoms with van der Waals surface area (Å²) in [6, 6.07) is 18.8. The molecule has 0 unspecified atom stereocenters. The van der Waals surface area contributed by atoms with Crippen LogP contribution in [-0.4, -0.2) is 35.3 Å². The summed E-state index contributed by atoms with van der Waals surface area (Å²) in [5, 5.41) is 20.3. The highest BCUT2D eigenvalue weighted by Gasteiger charge is 2.07. The van der Waals surface area contributed by atoms with Crippen molar-refractivity contribution in [3.05, 3.63) is 66.7 Å². The molecule has 4 N–H and O–H groups in total. The number of hydrogen-bond acceptors (Lipinski definition) is 4. The first-order valence-electron chi connectivity index (χ1n) is 7.90. The average Bonchev–Trinajstić information content (AvgIpc) is 2.64. The van der Waals surface area contributed by atoms with E-state index in [-0.39, 0.29) is 0 Å². The third kappa shape index (κ3) is 5.06. The van der Waals surface area contributed by atoms with Crippen LogP contribution in [0.25, 0.3) is 21.5 Å². The van der Waals surface area contributed by atoms with E-state index in [0.717, 1.165) is 16.5 Å². The van der Waals surface area contributed by atoms with Gasteiger partial charge in [0.15, 0.2) is 0 Å². The van der Waals surface area contributed by atoms with Crippen LogP contribution in [0.3, 0.4) is 0 Å². The van der Waals surface area contributed by atoms with E-state index in [9.17, 15) is 9.59 Å². The van der Waals surface area contributed by atoms with E-state index in [1.54, 1.807) is 0 Å². The second-order valence-electron chi connectivity index (χ2n) is 5.29. The number of carboxylic acid groups (broad SMARTS) is 2. The van der Waals surface area contributed by atoms with Gasteiger partial charge in [0.25, 0.3) is 0 Å². The maximum atomic E-state index is 9.55. The van der Waals surface area contributed by atoms with E-state index in [2.05, 4.69) is 30.3 Å². The van der Waals surface area contributed by atoms with Crippen LogP contribution in [0.5, 0.6) is 5.75 Å². The van der Waals surface area contributed by atoms with Crippen LogP contribution in [-0.2, 0) is 9.59 Å². The van der Waals surface area contributed by atoms with E-state index in [1.165, 1.54) is 10.8 Å². The molecule has 3 rings (SSSR count). The normalized spacial score (nSPS) is 10.5. The molecule has 26 heavy (non-hydrogen) atoms. The zero-order valence-electron chi connectivity index (χ0n) is 14.0. The summed E-state index contributed by atoms with van der Waals surface area (Å²) >= 11 is 0. The minimum absolute atomic E-state index is 0.525. The molecular weight excluding hydrogens is 334 g/mol. The van der Waals surface area contributed by atoms with Gasteiger partial charge in [0.2, 0.25) is 0 Å². The summed E-state index contributed by atoms with van der Waals surface area (Å²) in [6.07, 6.45) is 1.12. The minimum atomic E-state index is -1.26. The number of rotatable bonds is 5. The Balaban J connectivity index is 0.000000260. The molecule has 6 heteroatoms. The molecule has 0 aliphatic carbocycles. The van der Waals surface area contributed by atoms with Crippen LogP contribution >= 0.6 is 0 Å². The van der Waals surface area contributed by atoms with Gasteiger partial charge in [0.05, 0.1) is 0 Å². The van der Waals surface area contributed by atoms with E-state index >= 15 is 0 Å². The monoisotopic (exact) mass is 353 g/mol. The SMILES string of the molecule is NCCOc1c2ccccc2cc2ccccc12.O=C(O)/C=C\C(=O)O. The smallest absolute Gasteiger partial charge is 0.328 e. The molecule has 0 spiro atoms. The molecule has 0 bridgehead atoms. The largest absolute Gasteiger partial charge is 0.491 e. The Morgan fingerprint density at radius 3 is 1.77 bits per heavy atom. The lowest BCUT2D eigenvalue weighted by molar-refractivity contribution is -0.134. The van der Waals surface area contributed by atoms with Crippen LogP contribution < -0.4 is 10.5 Å². The van der Waals surface area contributed by atoms with Crippen LogP contribution in [0.15, 0.2) is 66.7 Å². The summed E-state index contributed by atoms with van der Waals surface area (Å²) < 4.78 is 5.86. The third-order valence-electron chi connectivity index (χ3n) is 3.45. The van der Waals surface area contributed by atoms with E-state index in [0.29, 0.717) is 25.3 Å². The number of benzene rings is 3. The lowest BCUT2D eigenvalue weighted by Crippen LogP contribution is -2.10. The number of nitrogens with two attached hydrogens (primary N) is 1. The summed E-state index contributed by atoms with van der Waals surface area (Å²) in [7, 11) is 0. The fourth-order valence-electron chi connectivity index (χ4n) is 2.43. The second-order valence-corrected chi connectivity index (χ2v) is 5.29. The number of hydrogen-bond donors (Lipinski definition) is 3. The number of fused-ring (bicyclic) bond motifs is 2. The number of ether oxygens (including phenoxy) is 1. The van der Waals surface area contributed by atoms with Crippen molar-refractivity contribution in [2.75, 3.05) is 13.2 Å². The van der Waals surface area contributed by atoms with Crippen molar-refractivity contribution in [1.29, 1.82) is 0 Å². The van der Waals surface area contributed by atoms with Gasteiger partial charge in [0, 0.05) is 29.5 Å². The second kappa shape index (κ2) is 9.19. The number of aliphatic carboxylic acids is 2. The van der Waals surface area contributed by atoms with Crippen LogP contribution in [0.2, 0.25) is 0 Å². The predicted octanol–water partition coefficient (Wildman–Crippen LogP) is 3.04. The molecule has 0 saturated carbocycles. The molecule has 0 aliphatic heterocycles. The summed E-state index contributed by atoms with van der Waals surface area (Å²) in [6.45, 7) is 1.07. The third-order valence-corrected chi connectivity index (χ3v) is 3.45. The maximum Gasteiger partial charge on any atom is 0.328 e. The zero-order valence-corrected chi connectivity index (χ0v) is 14.0. The van der Waals surface area contributed by atoms with Crippen LogP contribution in [0, 0.1) is 0 Å². The topological polar surface area (TPSA) is 110 Å². The van der Waals surface area contributed by atoms with Crippen molar-refractivity contribution >= 4 is 33.5 Å². The van der Waals surface area contributed by atoms with Crippen molar-refractivity contribution in [3.63, 3.8) is 0 Å². The molecule has 3 aromatic carbocycles. The molecule has 0 radical (unpaired) electrons. The minimum Gasteiger partial charge on any atom is -0.491 e. The molecule has 6 nitrogen and oxygen atoms in total. The van der Waals surface area contributed by atoms with Crippen molar-refractivity contribution in [3.8, 4) is 5.75 Å². The Morgan fingerprint density at radius 2 is 1.35 bits per heavy atom. The van der Waals surface area contributed by atoms with E-state index < -0.39 is 11.9 Å². The highest BCUT2D eigenvalue weighted by atomic mass is 16.5. The van der Waals surface area contributed by atoms with Crippen molar-refractivity contribution < 1.29 is 24.5 Å². The van der Waals surface area contributed by atoms with Crippen LogP contribution in [0.4, 0.5) is 0 Å². The molecule has 0 saturated heterocycles. The molecular formula is C20H19NO5. The van der Waals surface area contributed by atoms with Gasteiger partial charge in [-0.05, 0) is 16.8 Å². The van der Waals surface area contributed by atoms with Crippen LogP contribution in [0.1, 0.15) is 0 Å². The number of carbonyl (C=O) groups is 2. The molecule has 3 aromatic rings. The van der Waals surface area contributed by atoms with Gasteiger partial charge >= 0.3 is 11.9 Å². The highest BCUT2D eigenvalue weighted by Crippen LogP contribution is 2.34. The maximum absolute atomic E-state index is 9.55. The van der Waals surface area contributed by atoms with Crippen molar-refractivity contribution in [1.82, 2.24) is 0 Å². The predicted molar refractivity (Wildman–Crippen MR) is 100 cm³/mol. The van der Waals surface area contributed by atoms with Gasteiger partial charge in [-0.1, -0.05) is 48.5 Å². The summed E-state index contributed by atoms with van der Waals surface area (Å²) in [5.74, 6) is -1.58. The average molecular weight is 353 g/mol. The molecule has 0 atom stereocenters. The van der Waals surface area contributed by atoms with Crippen molar-refractivity contribution in [2.45, 2.75) is 0 Å². The highest BCUT2D eigenvalue weighted by molar-refractivity contribution is 6.05. The standard InChI is InChI=1S/C16H15NO.C4H4O4/c17-9-10-18-16-14-7-3-1-5-12(14)11-13-6-2-4-8-15(13)16;5-3(6)1-2-4(7)8/h1-8,11H,9-10,17H2;1-2H,(H,5,6)(H,7,8)/b;2-1-. The fraction of sp³-hybridized carbons (Fsp3) is 0.100. The molecule has 0 amide bonds. The molecule has 0 fully saturated rings. The quantitative estimate of drug-likeness (QED) is 0.480. The lowest BCUT2D eigenvalue weighted by Gasteiger charge is -2.12. The van der Waals surface area contributed by atoms with Gasteiger partial charge in [-0.15, -0.1) is 0 Å². The molecule has 0 heterocycles. The van der Waals surface area contributed by atoms with E-state index in [4.69, 9.17) is 20.7 Å². The van der Waals surface area contributed by atoms with Gasteiger partial charge in [-0.25, -0.2) is 9.59 Å². The lowest BCUT2D eigenvalue weighted by atomic mass is 10.0. The first-order valence-corrected chi connectivity index (χ1v) is 7.90. The Bertz CT molecular complexity index is 879. The zero-order chi connectivity index (χ0) is 18.9.